The Hall–Kier alpha value is -1.10. The van der Waals surface area contributed by atoms with Gasteiger partial charge in [-0.1, -0.05) is 13.3 Å². The molecule has 0 bridgehead atoms. The topological polar surface area (TPSA) is 78.4 Å². The minimum absolute atomic E-state index is 0.201. The first kappa shape index (κ1) is 13.0. The SMILES string of the molecule is CCC1CCNC(C(=O)N[C@H](C)C(=O)O)C1. The lowest BCUT2D eigenvalue weighted by atomic mass is 9.90. The highest BCUT2D eigenvalue weighted by Gasteiger charge is 2.27. The number of carboxylic acid groups (broad SMARTS) is 1. The van der Waals surface area contributed by atoms with Gasteiger partial charge in [-0.3, -0.25) is 9.59 Å². The Bertz CT molecular complexity index is 268. The fourth-order valence-corrected chi connectivity index (χ4v) is 1.94. The van der Waals surface area contributed by atoms with Gasteiger partial charge in [-0.05, 0) is 32.2 Å². The molecule has 5 heteroatoms. The van der Waals surface area contributed by atoms with Gasteiger partial charge in [0.15, 0.2) is 0 Å². The molecule has 1 heterocycles. The first-order valence-electron chi connectivity index (χ1n) is 5.81. The van der Waals surface area contributed by atoms with E-state index in [9.17, 15) is 9.59 Å². The van der Waals surface area contributed by atoms with Gasteiger partial charge in [-0.15, -0.1) is 0 Å². The maximum Gasteiger partial charge on any atom is 0.325 e. The van der Waals surface area contributed by atoms with E-state index in [0.717, 1.165) is 25.8 Å². The minimum Gasteiger partial charge on any atom is -0.480 e. The number of piperidine rings is 1. The molecule has 0 spiro atoms. The molecule has 3 atom stereocenters. The molecule has 1 amide bonds. The van der Waals surface area contributed by atoms with Gasteiger partial charge in [0, 0.05) is 0 Å². The molecular formula is C11H20N2O3. The number of carboxylic acids is 1. The number of nitrogens with one attached hydrogen (secondary N) is 2. The van der Waals surface area contributed by atoms with Gasteiger partial charge < -0.3 is 15.7 Å². The number of hydrogen-bond acceptors (Lipinski definition) is 3. The summed E-state index contributed by atoms with van der Waals surface area (Å²) in [5.74, 6) is -0.638. The highest BCUT2D eigenvalue weighted by molar-refractivity contribution is 5.86. The van der Waals surface area contributed by atoms with Crippen molar-refractivity contribution in [3.63, 3.8) is 0 Å². The Balaban J connectivity index is 2.44. The highest BCUT2D eigenvalue weighted by Crippen LogP contribution is 2.19. The van der Waals surface area contributed by atoms with E-state index in [1.165, 1.54) is 6.92 Å². The summed E-state index contributed by atoms with van der Waals surface area (Å²) in [6.07, 6.45) is 2.96. The standard InChI is InChI=1S/C11H20N2O3/c1-3-8-4-5-12-9(6-8)10(14)13-7(2)11(15)16/h7-9,12H,3-6H2,1-2H3,(H,13,14)(H,15,16)/t7-,8?,9?/m1/s1. The molecule has 2 unspecified atom stereocenters. The Labute approximate surface area is 95.6 Å². The second-order valence-corrected chi connectivity index (χ2v) is 4.37. The van der Waals surface area contributed by atoms with Gasteiger partial charge in [0.05, 0.1) is 6.04 Å². The minimum atomic E-state index is -1.00. The maximum absolute atomic E-state index is 11.7. The molecule has 1 fully saturated rings. The van der Waals surface area contributed by atoms with E-state index in [4.69, 9.17) is 5.11 Å². The summed E-state index contributed by atoms with van der Waals surface area (Å²) < 4.78 is 0. The number of aliphatic carboxylic acids is 1. The molecule has 1 aliphatic heterocycles. The summed E-state index contributed by atoms with van der Waals surface area (Å²) in [6.45, 7) is 4.42. The van der Waals surface area contributed by atoms with Crippen LogP contribution in [0.2, 0.25) is 0 Å². The summed E-state index contributed by atoms with van der Waals surface area (Å²) in [5.41, 5.74) is 0. The molecule has 16 heavy (non-hydrogen) atoms. The highest BCUT2D eigenvalue weighted by atomic mass is 16.4. The summed E-state index contributed by atoms with van der Waals surface area (Å²) in [4.78, 5) is 22.3. The Morgan fingerprint density at radius 1 is 1.56 bits per heavy atom. The van der Waals surface area contributed by atoms with Gasteiger partial charge in [0.25, 0.3) is 0 Å². The Morgan fingerprint density at radius 2 is 2.25 bits per heavy atom. The molecule has 1 rings (SSSR count). The van der Waals surface area contributed by atoms with E-state index in [-0.39, 0.29) is 11.9 Å². The molecule has 0 aromatic rings. The molecule has 1 saturated heterocycles. The maximum atomic E-state index is 11.7. The monoisotopic (exact) mass is 228 g/mol. The molecule has 5 nitrogen and oxygen atoms in total. The summed E-state index contributed by atoms with van der Waals surface area (Å²) in [6, 6.07) is -1.06. The zero-order valence-electron chi connectivity index (χ0n) is 9.82. The summed E-state index contributed by atoms with van der Waals surface area (Å²) in [7, 11) is 0. The van der Waals surface area contributed by atoms with Crippen molar-refractivity contribution in [1.82, 2.24) is 10.6 Å². The molecule has 3 N–H and O–H groups in total. The lowest BCUT2D eigenvalue weighted by Gasteiger charge is -2.29. The molecule has 1 aliphatic rings. The first-order valence-corrected chi connectivity index (χ1v) is 5.81. The van der Waals surface area contributed by atoms with Gasteiger partial charge in [0.2, 0.25) is 5.91 Å². The van der Waals surface area contributed by atoms with Crippen LogP contribution in [-0.2, 0) is 9.59 Å². The molecule has 0 saturated carbocycles. The largest absolute Gasteiger partial charge is 0.480 e. The van der Waals surface area contributed by atoms with Crippen LogP contribution >= 0.6 is 0 Å². The van der Waals surface area contributed by atoms with Crippen LogP contribution in [-0.4, -0.2) is 35.6 Å². The third-order valence-corrected chi connectivity index (χ3v) is 3.14. The summed E-state index contributed by atoms with van der Waals surface area (Å²) in [5, 5.41) is 14.3. The van der Waals surface area contributed by atoms with Crippen LogP contribution in [0.3, 0.4) is 0 Å². The third kappa shape index (κ3) is 3.48. The molecule has 0 aromatic carbocycles. The van der Waals surface area contributed by atoms with E-state index in [1.54, 1.807) is 0 Å². The van der Waals surface area contributed by atoms with E-state index < -0.39 is 12.0 Å². The summed E-state index contributed by atoms with van der Waals surface area (Å²) >= 11 is 0. The van der Waals surface area contributed by atoms with Crippen LogP contribution < -0.4 is 10.6 Å². The Morgan fingerprint density at radius 3 is 2.81 bits per heavy atom. The normalized spacial score (nSPS) is 27.1. The van der Waals surface area contributed by atoms with E-state index in [0.29, 0.717) is 5.92 Å². The van der Waals surface area contributed by atoms with Crippen molar-refractivity contribution in [1.29, 1.82) is 0 Å². The van der Waals surface area contributed by atoms with Gasteiger partial charge in [0.1, 0.15) is 6.04 Å². The lowest BCUT2D eigenvalue weighted by molar-refractivity contribution is -0.141. The average Bonchev–Trinajstić information content (AvgIpc) is 2.28. The van der Waals surface area contributed by atoms with E-state index in [2.05, 4.69) is 17.6 Å². The fraction of sp³-hybridized carbons (Fsp3) is 0.818. The van der Waals surface area contributed by atoms with Crippen molar-refractivity contribution in [2.75, 3.05) is 6.54 Å². The van der Waals surface area contributed by atoms with Crippen LogP contribution in [0.25, 0.3) is 0 Å². The second-order valence-electron chi connectivity index (χ2n) is 4.37. The quantitative estimate of drug-likeness (QED) is 0.649. The van der Waals surface area contributed by atoms with Crippen molar-refractivity contribution in [3.8, 4) is 0 Å². The van der Waals surface area contributed by atoms with Crippen LogP contribution in [0.1, 0.15) is 33.1 Å². The van der Waals surface area contributed by atoms with Crippen molar-refractivity contribution in [2.45, 2.75) is 45.2 Å². The average molecular weight is 228 g/mol. The fourth-order valence-electron chi connectivity index (χ4n) is 1.94. The van der Waals surface area contributed by atoms with E-state index in [1.807, 2.05) is 0 Å². The van der Waals surface area contributed by atoms with Crippen LogP contribution in [0, 0.1) is 5.92 Å². The van der Waals surface area contributed by atoms with Crippen LogP contribution in [0.5, 0.6) is 0 Å². The van der Waals surface area contributed by atoms with Crippen molar-refractivity contribution >= 4 is 11.9 Å². The number of carbonyl (C=O) groups excluding carboxylic acids is 1. The molecular weight excluding hydrogens is 208 g/mol. The Kier molecular flexibility index (Phi) is 4.73. The molecule has 0 aliphatic carbocycles. The van der Waals surface area contributed by atoms with Crippen LogP contribution in [0.4, 0.5) is 0 Å². The number of amides is 1. The lowest BCUT2D eigenvalue weighted by Crippen LogP contribution is -2.52. The van der Waals surface area contributed by atoms with Crippen molar-refractivity contribution in [2.24, 2.45) is 5.92 Å². The van der Waals surface area contributed by atoms with Crippen LogP contribution in [0.15, 0.2) is 0 Å². The second kappa shape index (κ2) is 5.84. The first-order chi connectivity index (χ1) is 7.54. The molecule has 92 valence electrons. The zero-order valence-corrected chi connectivity index (χ0v) is 9.82. The predicted molar refractivity (Wildman–Crippen MR) is 60.0 cm³/mol. The predicted octanol–water partition coefficient (Wildman–Crippen LogP) is 0.354. The van der Waals surface area contributed by atoms with Gasteiger partial charge >= 0.3 is 5.97 Å². The molecule has 0 radical (unpaired) electrons. The third-order valence-electron chi connectivity index (χ3n) is 3.14. The van der Waals surface area contributed by atoms with E-state index >= 15 is 0 Å². The molecule has 0 aromatic heterocycles. The van der Waals surface area contributed by atoms with Gasteiger partial charge in [-0.25, -0.2) is 0 Å². The van der Waals surface area contributed by atoms with Gasteiger partial charge in [-0.2, -0.15) is 0 Å². The van der Waals surface area contributed by atoms with Crippen molar-refractivity contribution < 1.29 is 14.7 Å². The number of hydrogen-bond donors (Lipinski definition) is 3. The zero-order chi connectivity index (χ0) is 12.1. The number of carbonyl (C=O) groups is 2. The number of rotatable bonds is 4. The smallest absolute Gasteiger partial charge is 0.325 e. The van der Waals surface area contributed by atoms with Crippen molar-refractivity contribution in [3.05, 3.63) is 0 Å².